The molecule has 0 aromatic carbocycles. The zero-order chi connectivity index (χ0) is 13.5. The fraction of sp³-hybridized carbons (Fsp3) is 0.778. The maximum absolute atomic E-state index is 12.6. The predicted molar refractivity (Wildman–Crippen MR) is 51.9 cm³/mol. The Bertz CT molecular complexity index is 398. The normalized spacial score (nSPS) is 16.9. The molecule has 0 aliphatic heterocycles. The van der Waals surface area contributed by atoms with E-state index in [1.807, 2.05) is 0 Å². The SMILES string of the molecule is COC(C)(C)c1noc(C(C)(N)C(F)(F)F)n1. The average Bonchev–Trinajstić information content (AvgIpc) is 2.65. The van der Waals surface area contributed by atoms with E-state index in [1.54, 1.807) is 13.8 Å². The van der Waals surface area contributed by atoms with Crippen LogP contribution in [-0.4, -0.2) is 23.4 Å². The number of halogens is 3. The van der Waals surface area contributed by atoms with Crippen molar-refractivity contribution >= 4 is 0 Å². The van der Waals surface area contributed by atoms with Crippen LogP contribution >= 0.6 is 0 Å². The lowest BCUT2D eigenvalue weighted by Gasteiger charge is -2.23. The van der Waals surface area contributed by atoms with Crippen LogP contribution in [0.5, 0.6) is 0 Å². The van der Waals surface area contributed by atoms with Crippen molar-refractivity contribution in [2.45, 2.75) is 38.1 Å². The summed E-state index contributed by atoms with van der Waals surface area (Å²) in [5.41, 5.74) is 1.53. The maximum atomic E-state index is 12.6. The smallest absolute Gasteiger partial charge is 0.371 e. The minimum atomic E-state index is -4.67. The first-order valence-corrected chi connectivity index (χ1v) is 4.78. The lowest BCUT2D eigenvalue weighted by atomic mass is 10.0. The molecule has 0 amide bonds. The zero-order valence-electron chi connectivity index (χ0n) is 9.92. The van der Waals surface area contributed by atoms with Gasteiger partial charge in [0.15, 0.2) is 5.54 Å². The van der Waals surface area contributed by atoms with Gasteiger partial charge in [-0.1, -0.05) is 5.16 Å². The molecule has 0 saturated heterocycles. The molecular weight excluding hydrogens is 239 g/mol. The molecule has 8 heteroatoms. The lowest BCUT2D eigenvalue weighted by Crippen LogP contribution is -2.48. The Morgan fingerprint density at radius 1 is 1.24 bits per heavy atom. The minimum Gasteiger partial charge on any atom is -0.371 e. The Morgan fingerprint density at radius 2 is 1.76 bits per heavy atom. The Balaban J connectivity index is 3.12. The highest BCUT2D eigenvalue weighted by molar-refractivity contribution is 5.07. The summed E-state index contributed by atoms with van der Waals surface area (Å²) in [5.74, 6) is -0.680. The van der Waals surface area contributed by atoms with Gasteiger partial charge >= 0.3 is 6.18 Å². The van der Waals surface area contributed by atoms with E-state index in [-0.39, 0.29) is 5.82 Å². The molecule has 1 rings (SSSR count). The first-order valence-electron chi connectivity index (χ1n) is 4.78. The van der Waals surface area contributed by atoms with Crippen LogP contribution in [0, 0.1) is 0 Å². The second-order valence-electron chi connectivity index (χ2n) is 4.34. The zero-order valence-corrected chi connectivity index (χ0v) is 9.92. The van der Waals surface area contributed by atoms with Gasteiger partial charge in [0.1, 0.15) is 5.60 Å². The molecule has 0 radical (unpaired) electrons. The van der Waals surface area contributed by atoms with Crippen molar-refractivity contribution in [1.82, 2.24) is 10.1 Å². The molecule has 98 valence electrons. The number of nitrogens with zero attached hydrogens (tertiary/aromatic N) is 2. The molecule has 17 heavy (non-hydrogen) atoms. The third-order valence-corrected chi connectivity index (χ3v) is 2.51. The van der Waals surface area contributed by atoms with Gasteiger partial charge in [-0.3, -0.25) is 0 Å². The third-order valence-electron chi connectivity index (χ3n) is 2.51. The van der Waals surface area contributed by atoms with Crippen LogP contribution < -0.4 is 5.73 Å². The molecule has 2 N–H and O–H groups in total. The Morgan fingerprint density at radius 3 is 2.18 bits per heavy atom. The van der Waals surface area contributed by atoms with Gasteiger partial charge in [0, 0.05) is 7.11 Å². The van der Waals surface area contributed by atoms with Gasteiger partial charge < -0.3 is 15.0 Å². The van der Waals surface area contributed by atoms with Gasteiger partial charge in [-0.2, -0.15) is 18.2 Å². The fourth-order valence-corrected chi connectivity index (χ4v) is 0.892. The summed E-state index contributed by atoms with van der Waals surface area (Å²) in [6.07, 6.45) is -4.67. The summed E-state index contributed by atoms with van der Waals surface area (Å²) in [4.78, 5) is 3.64. The monoisotopic (exact) mass is 253 g/mol. The number of methoxy groups -OCH3 is 1. The second kappa shape index (κ2) is 3.95. The largest absolute Gasteiger partial charge is 0.415 e. The number of hydrogen-bond donors (Lipinski definition) is 1. The van der Waals surface area contributed by atoms with Gasteiger partial charge in [-0.05, 0) is 20.8 Å². The molecule has 0 aliphatic rings. The number of nitrogens with two attached hydrogens (primary N) is 1. The highest BCUT2D eigenvalue weighted by Gasteiger charge is 2.54. The fourth-order valence-electron chi connectivity index (χ4n) is 0.892. The average molecular weight is 253 g/mol. The standard InChI is InChI=1S/C9H14F3N3O2/c1-7(2,16-4)5-14-6(17-15-5)8(3,13)9(10,11)12/h13H2,1-4H3. The van der Waals surface area contributed by atoms with E-state index in [1.165, 1.54) is 7.11 Å². The number of ether oxygens (including phenoxy) is 1. The van der Waals surface area contributed by atoms with E-state index < -0.39 is 23.2 Å². The van der Waals surface area contributed by atoms with Gasteiger partial charge in [0.25, 0.3) is 5.89 Å². The van der Waals surface area contributed by atoms with E-state index in [0.717, 1.165) is 6.92 Å². The summed E-state index contributed by atoms with van der Waals surface area (Å²) < 4.78 is 47.5. The number of rotatable bonds is 3. The Hall–Kier alpha value is -1.15. The molecule has 0 bridgehead atoms. The molecule has 1 heterocycles. The molecule has 1 aromatic heterocycles. The van der Waals surface area contributed by atoms with Crippen molar-refractivity contribution < 1.29 is 22.4 Å². The summed E-state index contributed by atoms with van der Waals surface area (Å²) in [6.45, 7) is 3.97. The van der Waals surface area contributed by atoms with Crippen molar-refractivity contribution in [3.05, 3.63) is 11.7 Å². The highest BCUT2D eigenvalue weighted by atomic mass is 19.4. The Labute approximate surface area is 96.1 Å². The maximum Gasteiger partial charge on any atom is 0.415 e. The van der Waals surface area contributed by atoms with E-state index in [4.69, 9.17) is 10.5 Å². The highest BCUT2D eigenvalue weighted by Crippen LogP contribution is 2.36. The molecular formula is C9H14F3N3O2. The topological polar surface area (TPSA) is 74.2 Å². The van der Waals surface area contributed by atoms with Crippen LogP contribution in [0.4, 0.5) is 13.2 Å². The van der Waals surface area contributed by atoms with Crippen molar-refractivity contribution in [1.29, 1.82) is 0 Å². The van der Waals surface area contributed by atoms with E-state index in [2.05, 4.69) is 14.7 Å². The molecule has 1 unspecified atom stereocenters. The summed E-state index contributed by atoms with van der Waals surface area (Å²) in [6, 6.07) is 0. The van der Waals surface area contributed by atoms with E-state index in [0.29, 0.717) is 0 Å². The van der Waals surface area contributed by atoms with Crippen LogP contribution in [0.1, 0.15) is 32.5 Å². The van der Waals surface area contributed by atoms with Gasteiger partial charge in [0.05, 0.1) is 0 Å². The summed E-state index contributed by atoms with van der Waals surface area (Å²) in [5, 5.41) is 3.45. The van der Waals surface area contributed by atoms with Crippen LogP contribution in [0.3, 0.4) is 0 Å². The lowest BCUT2D eigenvalue weighted by molar-refractivity contribution is -0.190. The predicted octanol–water partition coefficient (Wildman–Crippen LogP) is 1.69. The van der Waals surface area contributed by atoms with Crippen molar-refractivity contribution in [2.24, 2.45) is 5.73 Å². The molecule has 0 saturated carbocycles. The van der Waals surface area contributed by atoms with Crippen molar-refractivity contribution in [3.8, 4) is 0 Å². The van der Waals surface area contributed by atoms with E-state index >= 15 is 0 Å². The first kappa shape index (κ1) is 13.9. The Kier molecular flexibility index (Phi) is 3.23. The molecule has 1 atom stereocenters. The van der Waals surface area contributed by atoms with Gasteiger partial charge in [0.2, 0.25) is 5.82 Å². The van der Waals surface area contributed by atoms with Crippen molar-refractivity contribution in [3.63, 3.8) is 0 Å². The summed E-state index contributed by atoms with van der Waals surface area (Å²) >= 11 is 0. The first-order chi connectivity index (χ1) is 7.52. The minimum absolute atomic E-state index is 0.0101. The molecule has 5 nitrogen and oxygen atoms in total. The third kappa shape index (κ3) is 2.42. The quantitative estimate of drug-likeness (QED) is 0.887. The van der Waals surface area contributed by atoms with Gasteiger partial charge in [-0.25, -0.2) is 0 Å². The van der Waals surface area contributed by atoms with Crippen LogP contribution in [0.15, 0.2) is 4.52 Å². The van der Waals surface area contributed by atoms with E-state index in [9.17, 15) is 13.2 Å². The molecule has 1 aromatic rings. The van der Waals surface area contributed by atoms with Crippen LogP contribution in [0.2, 0.25) is 0 Å². The molecule has 0 spiro atoms. The number of aromatic nitrogens is 2. The molecule has 0 aliphatic carbocycles. The van der Waals surface area contributed by atoms with Gasteiger partial charge in [-0.15, -0.1) is 0 Å². The molecule has 0 fully saturated rings. The number of hydrogen-bond acceptors (Lipinski definition) is 5. The van der Waals surface area contributed by atoms with Crippen molar-refractivity contribution in [2.75, 3.05) is 7.11 Å². The number of alkyl halides is 3. The van der Waals surface area contributed by atoms with Crippen LogP contribution in [-0.2, 0) is 15.9 Å². The second-order valence-corrected chi connectivity index (χ2v) is 4.34. The van der Waals surface area contributed by atoms with Crippen LogP contribution in [0.25, 0.3) is 0 Å². The summed E-state index contributed by atoms with van der Waals surface area (Å²) in [7, 11) is 1.39.